The average molecular weight is 166 g/mol. The normalized spacial score (nSPS) is 19.2. The predicted molar refractivity (Wildman–Crippen MR) is 51.9 cm³/mol. The molecule has 0 aromatic rings. The van der Waals surface area contributed by atoms with Gasteiger partial charge in [-0.3, -0.25) is 4.90 Å². The summed E-state index contributed by atoms with van der Waals surface area (Å²) in [4.78, 5) is 2.43. The lowest BCUT2D eigenvalue weighted by Gasteiger charge is -2.24. The Morgan fingerprint density at radius 1 is 1.67 bits per heavy atom. The van der Waals surface area contributed by atoms with E-state index in [4.69, 9.17) is 6.42 Å². The molecular formula is C10H18N2. The second-order valence-corrected chi connectivity index (χ2v) is 3.58. The maximum atomic E-state index is 5.14. The van der Waals surface area contributed by atoms with Crippen LogP contribution in [-0.2, 0) is 0 Å². The Balaban J connectivity index is 2.09. The zero-order valence-corrected chi connectivity index (χ0v) is 8.01. The molecule has 2 heteroatoms. The lowest BCUT2D eigenvalue weighted by Crippen LogP contribution is -2.39. The summed E-state index contributed by atoms with van der Waals surface area (Å²) in [5.74, 6) is 2.58. The summed E-state index contributed by atoms with van der Waals surface area (Å²) in [6, 6.07) is 1.44. The van der Waals surface area contributed by atoms with Gasteiger partial charge in [-0.25, -0.2) is 0 Å². The van der Waals surface area contributed by atoms with Crippen molar-refractivity contribution in [2.75, 3.05) is 20.1 Å². The standard InChI is InChI=1S/C10H18N2/c1-4-7-11-8-9(2)12(3)10-5-6-10/h1,9-11H,5-8H2,2-3H3. The molecule has 0 heterocycles. The summed E-state index contributed by atoms with van der Waals surface area (Å²) >= 11 is 0. The molecule has 0 spiro atoms. The van der Waals surface area contributed by atoms with Gasteiger partial charge < -0.3 is 5.32 Å². The Kier molecular flexibility index (Phi) is 3.58. The Bertz CT molecular complexity index is 167. The van der Waals surface area contributed by atoms with Crippen LogP contribution in [0.2, 0.25) is 0 Å². The first-order valence-corrected chi connectivity index (χ1v) is 4.62. The SMILES string of the molecule is C#CCNCC(C)N(C)C1CC1. The van der Waals surface area contributed by atoms with Crippen molar-refractivity contribution in [2.24, 2.45) is 0 Å². The maximum Gasteiger partial charge on any atom is 0.0574 e. The Morgan fingerprint density at radius 3 is 2.83 bits per heavy atom. The van der Waals surface area contributed by atoms with Gasteiger partial charge >= 0.3 is 0 Å². The van der Waals surface area contributed by atoms with Gasteiger partial charge in [-0.1, -0.05) is 5.92 Å². The third kappa shape index (κ3) is 2.84. The van der Waals surface area contributed by atoms with Crippen molar-refractivity contribution < 1.29 is 0 Å². The smallest absolute Gasteiger partial charge is 0.0574 e. The second-order valence-electron chi connectivity index (χ2n) is 3.58. The molecule has 0 bridgehead atoms. The highest BCUT2D eigenvalue weighted by atomic mass is 15.2. The molecule has 0 amide bonds. The number of rotatable bonds is 5. The molecule has 0 saturated heterocycles. The van der Waals surface area contributed by atoms with Gasteiger partial charge in [-0.05, 0) is 26.8 Å². The van der Waals surface area contributed by atoms with E-state index in [1.54, 1.807) is 0 Å². The van der Waals surface area contributed by atoms with Crippen LogP contribution >= 0.6 is 0 Å². The quantitative estimate of drug-likeness (QED) is 0.477. The second kappa shape index (κ2) is 4.49. The van der Waals surface area contributed by atoms with E-state index in [-0.39, 0.29) is 0 Å². The summed E-state index contributed by atoms with van der Waals surface area (Å²) in [6.45, 7) is 3.92. The summed E-state index contributed by atoms with van der Waals surface area (Å²) in [5, 5.41) is 3.22. The molecule has 1 N–H and O–H groups in total. The van der Waals surface area contributed by atoms with E-state index in [0.717, 1.165) is 12.6 Å². The molecule has 2 nitrogen and oxygen atoms in total. The number of nitrogens with one attached hydrogen (secondary N) is 1. The van der Waals surface area contributed by atoms with E-state index in [9.17, 15) is 0 Å². The van der Waals surface area contributed by atoms with Crippen molar-refractivity contribution >= 4 is 0 Å². The zero-order valence-electron chi connectivity index (χ0n) is 8.01. The molecule has 0 aliphatic heterocycles. The molecular weight excluding hydrogens is 148 g/mol. The molecule has 1 saturated carbocycles. The highest BCUT2D eigenvalue weighted by molar-refractivity contribution is 4.89. The summed E-state index contributed by atoms with van der Waals surface area (Å²) < 4.78 is 0. The highest BCUT2D eigenvalue weighted by Crippen LogP contribution is 2.26. The van der Waals surface area contributed by atoms with E-state index >= 15 is 0 Å². The molecule has 1 aliphatic carbocycles. The molecule has 12 heavy (non-hydrogen) atoms. The van der Waals surface area contributed by atoms with Gasteiger partial charge in [0.2, 0.25) is 0 Å². The van der Waals surface area contributed by atoms with Gasteiger partial charge in [-0.2, -0.15) is 0 Å². The minimum absolute atomic E-state index is 0.603. The molecule has 0 radical (unpaired) electrons. The zero-order chi connectivity index (χ0) is 8.97. The van der Waals surface area contributed by atoms with Crippen LogP contribution in [-0.4, -0.2) is 37.1 Å². The van der Waals surface area contributed by atoms with Crippen molar-refractivity contribution in [3.8, 4) is 12.3 Å². The molecule has 0 aromatic carbocycles. The average Bonchev–Trinajstić information content (AvgIpc) is 2.86. The number of terminal acetylenes is 1. The third-order valence-corrected chi connectivity index (χ3v) is 2.48. The monoisotopic (exact) mass is 166 g/mol. The van der Waals surface area contributed by atoms with Crippen LogP contribution in [0.4, 0.5) is 0 Å². The van der Waals surface area contributed by atoms with Crippen LogP contribution in [0.15, 0.2) is 0 Å². The first-order chi connectivity index (χ1) is 5.75. The fraction of sp³-hybridized carbons (Fsp3) is 0.800. The minimum Gasteiger partial charge on any atom is -0.305 e. The van der Waals surface area contributed by atoms with Crippen molar-refractivity contribution in [3.63, 3.8) is 0 Å². The van der Waals surface area contributed by atoms with Gasteiger partial charge in [0.25, 0.3) is 0 Å². The van der Waals surface area contributed by atoms with E-state index in [2.05, 4.69) is 30.1 Å². The first kappa shape index (κ1) is 9.57. The van der Waals surface area contributed by atoms with Crippen LogP contribution in [0.3, 0.4) is 0 Å². The highest BCUT2D eigenvalue weighted by Gasteiger charge is 2.28. The Labute approximate surface area is 75.3 Å². The maximum absolute atomic E-state index is 5.14. The predicted octanol–water partition coefficient (Wildman–Crippen LogP) is 0.692. The topological polar surface area (TPSA) is 15.3 Å². The number of nitrogens with zero attached hydrogens (tertiary/aromatic N) is 1. The fourth-order valence-electron chi connectivity index (χ4n) is 1.34. The van der Waals surface area contributed by atoms with Crippen molar-refractivity contribution in [3.05, 3.63) is 0 Å². The van der Waals surface area contributed by atoms with E-state index in [0.29, 0.717) is 12.6 Å². The fourth-order valence-corrected chi connectivity index (χ4v) is 1.34. The molecule has 1 rings (SSSR count). The van der Waals surface area contributed by atoms with Crippen LogP contribution < -0.4 is 5.32 Å². The first-order valence-electron chi connectivity index (χ1n) is 4.62. The van der Waals surface area contributed by atoms with Crippen LogP contribution in [0.5, 0.6) is 0 Å². The summed E-state index contributed by atoms with van der Waals surface area (Å²) in [7, 11) is 2.19. The number of likely N-dealkylation sites (N-methyl/N-ethyl adjacent to an activating group) is 1. The molecule has 1 unspecified atom stereocenters. The van der Waals surface area contributed by atoms with E-state index in [1.165, 1.54) is 12.8 Å². The number of hydrogen-bond donors (Lipinski definition) is 1. The molecule has 1 fully saturated rings. The molecule has 68 valence electrons. The van der Waals surface area contributed by atoms with Gasteiger partial charge in [0.15, 0.2) is 0 Å². The molecule has 0 aromatic heterocycles. The minimum atomic E-state index is 0.603. The van der Waals surface area contributed by atoms with Crippen LogP contribution in [0.1, 0.15) is 19.8 Å². The van der Waals surface area contributed by atoms with E-state index in [1.807, 2.05) is 0 Å². The Morgan fingerprint density at radius 2 is 2.33 bits per heavy atom. The molecule has 1 atom stereocenters. The van der Waals surface area contributed by atoms with Gasteiger partial charge in [0.1, 0.15) is 0 Å². The van der Waals surface area contributed by atoms with Crippen molar-refractivity contribution in [1.82, 2.24) is 10.2 Å². The van der Waals surface area contributed by atoms with E-state index < -0.39 is 0 Å². The third-order valence-electron chi connectivity index (χ3n) is 2.48. The lowest BCUT2D eigenvalue weighted by atomic mass is 10.3. The lowest BCUT2D eigenvalue weighted by molar-refractivity contribution is 0.243. The number of hydrogen-bond acceptors (Lipinski definition) is 2. The Hall–Kier alpha value is -0.520. The summed E-state index contributed by atoms with van der Waals surface area (Å²) in [6.07, 6.45) is 7.88. The molecule has 1 aliphatic rings. The van der Waals surface area contributed by atoms with Crippen molar-refractivity contribution in [2.45, 2.75) is 31.8 Å². The van der Waals surface area contributed by atoms with Gasteiger partial charge in [-0.15, -0.1) is 6.42 Å². The van der Waals surface area contributed by atoms with Gasteiger partial charge in [0.05, 0.1) is 6.54 Å². The van der Waals surface area contributed by atoms with Crippen LogP contribution in [0, 0.1) is 12.3 Å². The summed E-state index contributed by atoms with van der Waals surface area (Å²) in [5.41, 5.74) is 0. The van der Waals surface area contributed by atoms with Crippen LogP contribution in [0.25, 0.3) is 0 Å². The van der Waals surface area contributed by atoms with Crippen molar-refractivity contribution in [1.29, 1.82) is 0 Å². The largest absolute Gasteiger partial charge is 0.305 e. The van der Waals surface area contributed by atoms with Gasteiger partial charge in [0, 0.05) is 18.6 Å².